The van der Waals surface area contributed by atoms with Crippen LogP contribution in [-0.2, 0) is 4.79 Å². The molecule has 1 aromatic rings. The minimum Gasteiger partial charge on any atom is -0.336 e. The van der Waals surface area contributed by atoms with E-state index in [0.717, 1.165) is 6.54 Å². The molecule has 1 saturated heterocycles. The zero-order valence-electron chi connectivity index (χ0n) is 11.2. The summed E-state index contributed by atoms with van der Waals surface area (Å²) in [5.41, 5.74) is 3.75. The maximum Gasteiger partial charge on any atom is 0.223 e. The molecular weight excluding hydrogens is 246 g/mol. The van der Waals surface area contributed by atoms with E-state index in [9.17, 15) is 4.79 Å². The van der Waals surface area contributed by atoms with Gasteiger partial charge in [-0.3, -0.25) is 4.79 Å². The fraction of sp³-hybridized carbons (Fsp3) is 0.533. The molecule has 1 aliphatic heterocycles. The van der Waals surface area contributed by atoms with Gasteiger partial charge in [0.25, 0.3) is 0 Å². The van der Waals surface area contributed by atoms with E-state index in [0.29, 0.717) is 18.2 Å². The minimum atomic E-state index is 0.145. The average molecular weight is 266 g/mol. The Morgan fingerprint density at radius 3 is 2.72 bits per heavy atom. The quantitative estimate of drug-likeness (QED) is 0.767. The zero-order chi connectivity index (χ0) is 13.3. The van der Waals surface area contributed by atoms with Gasteiger partial charge in [0.05, 0.1) is 6.04 Å². The fourth-order valence-electron chi connectivity index (χ4n) is 2.75. The summed E-state index contributed by atoms with van der Waals surface area (Å²) in [5, 5.41) is 0. The number of alkyl halides is 1. The maximum atomic E-state index is 12.0. The third-order valence-electron chi connectivity index (χ3n) is 3.80. The van der Waals surface area contributed by atoms with Crippen LogP contribution >= 0.6 is 11.6 Å². The number of carbonyl (C=O) groups excluding carboxylic acids is 1. The van der Waals surface area contributed by atoms with E-state index < -0.39 is 0 Å². The number of rotatable bonds is 3. The van der Waals surface area contributed by atoms with Crippen LogP contribution < -0.4 is 0 Å². The molecular formula is C15H20ClNO. The number of carbonyl (C=O) groups is 1. The highest BCUT2D eigenvalue weighted by molar-refractivity contribution is 6.18. The van der Waals surface area contributed by atoms with Crippen molar-refractivity contribution in [3.8, 4) is 0 Å². The first-order valence-corrected chi connectivity index (χ1v) is 6.99. The van der Waals surface area contributed by atoms with E-state index in [2.05, 4.69) is 39.0 Å². The lowest BCUT2D eigenvalue weighted by molar-refractivity contribution is -0.129. The van der Waals surface area contributed by atoms with Crippen molar-refractivity contribution < 1.29 is 4.79 Å². The number of hydrogen-bond acceptors (Lipinski definition) is 1. The molecule has 1 heterocycles. The number of likely N-dealkylation sites (tertiary alicyclic amines) is 1. The van der Waals surface area contributed by atoms with E-state index in [1.54, 1.807) is 0 Å². The zero-order valence-corrected chi connectivity index (χ0v) is 12.0. The summed E-state index contributed by atoms with van der Waals surface area (Å²) in [6, 6.07) is 6.56. The van der Waals surface area contributed by atoms with Gasteiger partial charge in [-0.05, 0) is 37.8 Å². The van der Waals surface area contributed by atoms with Gasteiger partial charge >= 0.3 is 0 Å². The third-order valence-corrected chi connectivity index (χ3v) is 4.24. The van der Waals surface area contributed by atoms with Crippen molar-refractivity contribution in [3.05, 3.63) is 34.9 Å². The van der Waals surface area contributed by atoms with Crippen LogP contribution in [0, 0.1) is 19.8 Å². The summed E-state index contributed by atoms with van der Waals surface area (Å²) in [7, 11) is 0. The van der Waals surface area contributed by atoms with Crippen molar-refractivity contribution in [1.29, 1.82) is 0 Å². The molecule has 0 spiro atoms. The Morgan fingerprint density at radius 2 is 2.17 bits per heavy atom. The number of benzene rings is 1. The van der Waals surface area contributed by atoms with Crippen molar-refractivity contribution in [2.75, 3.05) is 12.4 Å². The molecule has 2 atom stereocenters. The Balaban J connectivity index is 2.21. The predicted molar refractivity (Wildman–Crippen MR) is 74.9 cm³/mol. The van der Waals surface area contributed by atoms with Crippen LogP contribution in [0.1, 0.15) is 36.1 Å². The highest BCUT2D eigenvalue weighted by Crippen LogP contribution is 2.30. The van der Waals surface area contributed by atoms with Gasteiger partial charge in [0.2, 0.25) is 5.91 Å². The molecule has 18 heavy (non-hydrogen) atoms. The highest BCUT2D eigenvalue weighted by Gasteiger charge is 2.32. The Hall–Kier alpha value is -1.02. The summed E-state index contributed by atoms with van der Waals surface area (Å²) < 4.78 is 0. The van der Waals surface area contributed by atoms with Crippen molar-refractivity contribution in [1.82, 2.24) is 4.90 Å². The summed E-state index contributed by atoms with van der Waals surface area (Å²) in [6.45, 7) is 7.09. The molecule has 1 fully saturated rings. The lowest BCUT2D eigenvalue weighted by Gasteiger charge is -2.26. The van der Waals surface area contributed by atoms with Gasteiger partial charge in [-0.1, -0.05) is 23.8 Å². The molecule has 0 bridgehead atoms. The van der Waals surface area contributed by atoms with Crippen molar-refractivity contribution >= 4 is 17.5 Å². The Bertz CT molecular complexity index is 458. The predicted octanol–water partition coefficient (Wildman–Crippen LogP) is 3.45. The van der Waals surface area contributed by atoms with Crippen molar-refractivity contribution in [2.24, 2.45) is 5.92 Å². The van der Waals surface area contributed by atoms with Gasteiger partial charge in [0.1, 0.15) is 0 Å². The number of amides is 1. The van der Waals surface area contributed by atoms with Crippen LogP contribution in [0.25, 0.3) is 0 Å². The van der Waals surface area contributed by atoms with Crippen LogP contribution in [0.15, 0.2) is 18.2 Å². The van der Waals surface area contributed by atoms with E-state index in [-0.39, 0.29) is 11.9 Å². The van der Waals surface area contributed by atoms with Crippen LogP contribution in [-0.4, -0.2) is 23.2 Å². The van der Waals surface area contributed by atoms with E-state index in [1.807, 2.05) is 4.90 Å². The van der Waals surface area contributed by atoms with Gasteiger partial charge in [0, 0.05) is 18.8 Å². The standard InChI is InChI=1S/C15H20ClNO/c1-10-4-5-14(11(2)6-10)12(3)17-9-13(8-16)7-15(17)18/h4-6,12-13H,7-9H2,1-3H3. The second-order valence-corrected chi connectivity index (χ2v) is 5.62. The summed E-state index contributed by atoms with van der Waals surface area (Å²) in [5.74, 6) is 1.11. The molecule has 0 N–H and O–H groups in total. The molecule has 2 unspecified atom stereocenters. The van der Waals surface area contributed by atoms with Crippen molar-refractivity contribution in [3.63, 3.8) is 0 Å². The number of halogens is 1. The monoisotopic (exact) mass is 265 g/mol. The molecule has 98 valence electrons. The molecule has 0 saturated carbocycles. The lowest BCUT2D eigenvalue weighted by atomic mass is 9.99. The SMILES string of the molecule is Cc1ccc(C(C)N2CC(CCl)CC2=O)c(C)c1. The van der Waals surface area contributed by atoms with Crippen LogP contribution in [0.3, 0.4) is 0 Å². The lowest BCUT2D eigenvalue weighted by Crippen LogP contribution is -2.29. The minimum absolute atomic E-state index is 0.145. The maximum absolute atomic E-state index is 12.0. The Kier molecular flexibility index (Phi) is 3.96. The first-order valence-electron chi connectivity index (χ1n) is 6.45. The number of nitrogens with zero attached hydrogens (tertiary/aromatic N) is 1. The normalized spacial score (nSPS) is 21.4. The second-order valence-electron chi connectivity index (χ2n) is 5.31. The molecule has 0 aliphatic carbocycles. The summed E-state index contributed by atoms with van der Waals surface area (Å²) in [4.78, 5) is 14.0. The summed E-state index contributed by atoms with van der Waals surface area (Å²) >= 11 is 5.86. The fourth-order valence-corrected chi connectivity index (χ4v) is 2.96. The third kappa shape index (κ3) is 2.54. The Labute approximate surface area is 114 Å². The second kappa shape index (κ2) is 5.31. The van der Waals surface area contributed by atoms with Crippen LogP contribution in [0.5, 0.6) is 0 Å². The molecule has 0 aromatic heterocycles. The Morgan fingerprint density at radius 1 is 1.44 bits per heavy atom. The van der Waals surface area contributed by atoms with Crippen LogP contribution in [0.4, 0.5) is 0 Å². The van der Waals surface area contributed by atoms with E-state index in [1.165, 1.54) is 16.7 Å². The van der Waals surface area contributed by atoms with Gasteiger partial charge in [-0.2, -0.15) is 0 Å². The van der Waals surface area contributed by atoms with Gasteiger partial charge in [-0.25, -0.2) is 0 Å². The molecule has 0 radical (unpaired) electrons. The molecule has 1 amide bonds. The first kappa shape index (κ1) is 13.4. The van der Waals surface area contributed by atoms with E-state index >= 15 is 0 Å². The number of aryl methyl sites for hydroxylation is 2. The largest absolute Gasteiger partial charge is 0.336 e. The molecule has 2 rings (SSSR count). The molecule has 3 heteroatoms. The molecule has 1 aliphatic rings. The first-order chi connectivity index (χ1) is 8.52. The van der Waals surface area contributed by atoms with Crippen LogP contribution in [0.2, 0.25) is 0 Å². The van der Waals surface area contributed by atoms with Gasteiger partial charge in [-0.15, -0.1) is 11.6 Å². The van der Waals surface area contributed by atoms with Gasteiger partial charge < -0.3 is 4.90 Å². The van der Waals surface area contributed by atoms with E-state index in [4.69, 9.17) is 11.6 Å². The van der Waals surface area contributed by atoms with Gasteiger partial charge in [0.15, 0.2) is 0 Å². The smallest absolute Gasteiger partial charge is 0.223 e. The summed E-state index contributed by atoms with van der Waals surface area (Å²) in [6.07, 6.45) is 0.596. The molecule has 1 aromatic carbocycles. The average Bonchev–Trinajstić information content (AvgIpc) is 2.70. The topological polar surface area (TPSA) is 20.3 Å². The highest BCUT2D eigenvalue weighted by atomic mass is 35.5. The van der Waals surface area contributed by atoms with Crippen molar-refractivity contribution in [2.45, 2.75) is 33.2 Å². The molecule has 2 nitrogen and oxygen atoms in total. The number of hydrogen-bond donors (Lipinski definition) is 0.